The van der Waals surface area contributed by atoms with E-state index in [1.165, 1.54) is 5.56 Å². The molecular formula is C14H23N3O. The SMILES string of the molecule is CCC(C(N)=O)N(CC)Cc1ccccc1CN. The third-order valence-corrected chi connectivity index (χ3v) is 3.27. The van der Waals surface area contributed by atoms with Crippen LogP contribution in [-0.4, -0.2) is 23.4 Å². The second-order valence-corrected chi connectivity index (χ2v) is 4.36. The fourth-order valence-corrected chi connectivity index (χ4v) is 2.21. The lowest BCUT2D eigenvalue weighted by atomic mass is 10.1. The van der Waals surface area contributed by atoms with Crippen LogP contribution in [0.2, 0.25) is 0 Å². The summed E-state index contributed by atoms with van der Waals surface area (Å²) >= 11 is 0. The van der Waals surface area contributed by atoms with E-state index in [4.69, 9.17) is 11.5 Å². The molecule has 4 heteroatoms. The quantitative estimate of drug-likeness (QED) is 0.763. The van der Waals surface area contributed by atoms with Crippen molar-refractivity contribution in [2.24, 2.45) is 11.5 Å². The Labute approximate surface area is 109 Å². The molecule has 1 unspecified atom stereocenters. The number of primary amides is 1. The molecule has 4 N–H and O–H groups in total. The number of likely N-dealkylation sites (N-methyl/N-ethyl adjacent to an activating group) is 1. The minimum absolute atomic E-state index is 0.208. The Bertz CT molecular complexity index is 392. The summed E-state index contributed by atoms with van der Waals surface area (Å²) in [5.74, 6) is -0.260. The van der Waals surface area contributed by atoms with Crippen molar-refractivity contribution in [2.45, 2.75) is 39.4 Å². The average molecular weight is 249 g/mol. The molecule has 0 aromatic heterocycles. The summed E-state index contributed by atoms with van der Waals surface area (Å²) in [7, 11) is 0. The molecule has 0 aliphatic rings. The second kappa shape index (κ2) is 7.13. The first kappa shape index (κ1) is 14.7. The zero-order chi connectivity index (χ0) is 13.5. The molecule has 0 heterocycles. The molecular weight excluding hydrogens is 226 g/mol. The average Bonchev–Trinajstić information content (AvgIpc) is 2.38. The number of benzene rings is 1. The highest BCUT2D eigenvalue weighted by atomic mass is 16.1. The number of carbonyl (C=O) groups is 1. The maximum atomic E-state index is 11.4. The molecule has 1 aromatic rings. The zero-order valence-electron chi connectivity index (χ0n) is 11.2. The molecule has 0 bridgehead atoms. The molecule has 0 spiro atoms. The first-order valence-electron chi connectivity index (χ1n) is 6.44. The Morgan fingerprint density at radius 1 is 1.28 bits per heavy atom. The number of amides is 1. The van der Waals surface area contributed by atoms with Crippen molar-refractivity contribution in [3.63, 3.8) is 0 Å². The largest absolute Gasteiger partial charge is 0.368 e. The minimum atomic E-state index is -0.260. The molecule has 1 atom stereocenters. The van der Waals surface area contributed by atoms with Gasteiger partial charge >= 0.3 is 0 Å². The van der Waals surface area contributed by atoms with Gasteiger partial charge < -0.3 is 11.5 Å². The molecule has 0 fully saturated rings. The van der Waals surface area contributed by atoms with Crippen molar-refractivity contribution in [3.05, 3.63) is 35.4 Å². The highest BCUT2D eigenvalue weighted by Gasteiger charge is 2.21. The standard InChI is InChI=1S/C14H23N3O/c1-3-13(14(16)18)17(4-2)10-12-8-6-5-7-11(12)9-15/h5-8,13H,3-4,9-10,15H2,1-2H3,(H2,16,18). The van der Waals surface area contributed by atoms with Crippen LogP contribution in [0.4, 0.5) is 0 Å². The van der Waals surface area contributed by atoms with Crippen molar-refractivity contribution in [1.29, 1.82) is 0 Å². The van der Waals surface area contributed by atoms with Crippen molar-refractivity contribution >= 4 is 5.91 Å². The molecule has 0 aliphatic carbocycles. The van der Waals surface area contributed by atoms with Gasteiger partial charge in [0.25, 0.3) is 0 Å². The van der Waals surface area contributed by atoms with Crippen LogP contribution in [-0.2, 0) is 17.9 Å². The summed E-state index contributed by atoms with van der Waals surface area (Å²) in [6, 6.07) is 7.84. The van der Waals surface area contributed by atoms with Gasteiger partial charge in [-0.1, -0.05) is 38.1 Å². The molecule has 4 nitrogen and oxygen atoms in total. The van der Waals surface area contributed by atoms with Gasteiger partial charge in [0.15, 0.2) is 0 Å². The molecule has 18 heavy (non-hydrogen) atoms. The van der Waals surface area contributed by atoms with Crippen LogP contribution in [0, 0.1) is 0 Å². The highest BCUT2D eigenvalue weighted by Crippen LogP contribution is 2.14. The molecule has 0 saturated carbocycles. The minimum Gasteiger partial charge on any atom is -0.368 e. The first-order chi connectivity index (χ1) is 8.63. The number of nitrogens with zero attached hydrogens (tertiary/aromatic N) is 1. The topological polar surface area (TPSA) is 72.4 Å². The number of carbonyl (C=O) groups excluding carboxylic acids is 1. The van der Waals surface area contributed by atoms with Crippen molar-refractivity contribution < 1.29 is 4.79 Å². The Kier molecular flexibility index (Phi) is 5.82. The lowest BCUT2D eigenvalue weighted by Gasteiger charge is -2.28. The summed E-state index contributed by atoms with van der Waals surface area (Å²) in [6.07, 6.45) is 0.730. The molecule has 0 radical (unpaired) electrons. The van der Waals surface area contributed by atoms with E-state index in [-0.39, 0.29) is 11.9 Å². The van der Waals surface area contributed by atoms with E-state index >= 15 is 0 Å². The third-order valence-electron chi connectivity index (χ3n) is 3.27. The summed E-state index contributed by atoms with van der Waals surface area (Å²) < 4.78 is 0. The normalized spacial score (nSPS) is 12.7. The highest BCUT2D eigenvalue weighted by molar-refractivity contribution is 5.79. The van der Waals surface area contributed by atoms with Crippen LogP contribution in [0.1, 0.15) is 31.4 Å². The van der Waals surface area contributed by atoms with E-state index in [2.05, 4.69) is 11.0 Å². The van der Waals surface area contributed by atoms with Gasteiger partial charge in [0.1, 0.15) is 0 Å². The van der Waals surface area contributed by atoms with E-state index in [0.29, 0.717) is 13.1 Å². The third kappa shape index (κ3) is 3.55. The van der Waals surface area contributed by atoms with Gasteiger partial charge in [-0.15, -0.1) is 0 Å². The van der Waals surface area contributed by atoms with Crippen LogP contribution in [0.5, 0.6) is 0 Å². The van der Waals surface area contributed by atoms with Crippen molar-refractivity contribution in [1.82, 2.24) is 4.90 Å². The second-order valence-electron chi connectivity index (χ2n) is 4.36. The smallest absolute Gasteiger partial charge is 0.234 e. The molecule has 0 saturated heterocycles. The van der Waals surface area contributed by atoms with Gasteiger partial charge in [-0.05, 0) is 24.1 Å². The summed E-state index contributed by atoms with van der Waals surface area (Å²) in [5.41, 5.74) is 13.5. The number of hydrogen-bond acceptors (Lipinski definition) is 3. The van der Waals surface area contributed by atoms with Gasteiger partial charge in [0.05, 0.1) is 6.04 Å². The lowest BCUT2D eigenvalue weighted by molar-refractivity contribution is -0.123. The van der Waals surface area contributed by atoms with Crippen LogP contribution < -0.4 is 11.5 Å². The Morgan fingerprint density at radius 2 is 1.89 bits per heavy atom. The lowest BCUT2D eigenvalue weighted by Crippen LogP contribution is -2.44. The Balaban J connectivity index is 2.88. The van der Waals surface area contributed by atoms with Gasteiger partial charge in [-0.2, -0.15) is 0 Å². The Morgan fingerprint density at radius 3 is 2.33 bits per heavy atom. The molecule has 0 aliphatic heterocycles. The number of nitrogens with two attached hydrogens (primary N) is 2. The maximum absolute atomic E-state index is 11.4. The van der Waals surface area contributed by atoms with Gasteiger partial charge in [-0.25, -0.2) is 0 Å². The maximum Gasteiger partial charge on any atom is 0.234 e. The van der Waals surface area contributed by atoms with Crippen molar-refractivity contribution in [3.8, 4) is 0 Å². The predicted molar refractivity (Wildman–Crippen MR) is 73.7 cm³/mol. The van der Waals surface area contributed by atoms with Gasteiger partial charge in [0.2, 0.25) is 5.91 Å². The van der Waals surface area contributed by atoms with Crippen LogP contribution in [0.3, 0.4) is 0 Å². The molecule has 1 aromatic carbocycles. The van der Waals surface area contributed by atoms with Crippen LogP contribution in [0.25, 0.3) is 0 Å². The van der Waals surface area contributed by atoms with E-state index in [0.717, 1.165) is 18.5 Å². The van der Waals surface area contributed by atoms with Gasteiger partial charge in [0, 0.05) is 13.1 Å². The molecule has 1 rings (SSSR count). The fourth-order valence-electron chi connectivity index (χ4n) is 2.21. The number of hydrogen-bond donors (Lipinski definition) is 2. The number of rotatable bonds is 7. The van der Waals surface area contributed by atoms with Gasteiger partial charge in [-0.3, -0.25) is 9.69 Å². The zero-order valence-corrected chi connectivity index (χ0v) is 11.2. The van der Waals surface area contributed by atoms with E-state index < -0.39 is 0 Å². The fraction of sp³-hybridized carbons (Fsp3) is 0.500. The monoisotopic (exact) mass is 249 g/mol. The summed E-state index contributed by atoms with van der Waals surface area (Å²) in [5, 5.41) is 0. The summed E-state index contributed by atoms with van der Waals surface area (Å²) in [4.78, 5) is 13.5. The predicted octanol–water partition coefficient (Wildman–Crippen LogP) is 1.23. The summed E-state index contributed by atoms with van der Waals surface area (Å²) in [6.45, 7) is 6.04. The molecule has 1 amide bonds. The van der Waals surface area contributed by atoms with E-state index in [1.807, 2.05) is 32.0 Å². The first-order valence-corrected chi connectivity index (χ1v) is 6.44. The van der Waals surface area contributed by atoms with E-state index in [1.54, 1.807) is 0 Å². The van der Waals surface area contributed by atoms with Crippen LogP contribution >= 0.6 is 0 Å². The van der Waals surface area contributed by atoms with Crippen LogP contribution in [0.15, 0.2) is 24.3 Å². The van der Waals surface area contributed by atoms with E-state index in [9.17, 15) is 4.79 Å². The Hall–Kier alpha value is -1.39. The van der Waals surface area contributed by atoms with Crippen molar-refractivity contribution in [2.75, 3.05) is 6.54 Å². The molecule has 100 valence electrons.